The van der Waals surface area contributed by atoms with Crippen LogP contribution in [0.1, 0.15) is 24.8 Å². The summed E-state index contributed by atoms with van der Waals surface area (Å²) in [5.41, 5.74) is 1.01. The molecule has 2 saturated heterocycles. The van der Waals surface area contributed by atoms with Gasteiger partial charge in [0.2, 0.25) is 5.91 Å². The Morgan fingerprint density at radius 3 is 3.05 bits per heavy atom. The number of carbonyl (C=O) groups excluding carboxylic acids is 1. The molecule has 108 valence electrons. The Morgan fingerprint density at radius 2 is 2.25 bits per heavy atom. The third-order valence-corrected chi connectivity index (χ3v) is 4.76. The number of piperidine rings is 2. The lowest BCUT2D eigenvalue weighted by Gasteiger charge is -2.41. The SMILES string of the molecule is O=C1CCC2CN(Cc3cnc(Cl)cc3Cl)CCC2N1. The topological polar surface area (TPSA) is 45.2 Å². The molecular weight excluding hydrogens is 297 g/mol. The van der Waals surface area contributed by atoms with Gasteiger partial charge in [-0.15, -0.1) is 0 Å². The molecule has 0 spiro atoms. The van der Waals surface area contributed by atoms with E-state index in [1.807, 2.05) is 0 Å². The van der Waals surface area contributed by atoms with E-state index in [0.29, 0.717) is 28.6 Å². The number of aromatic nitrogens is 1. The van der Waals surface area contributed by atoms with Crippen LogP contribution in [0.2, 0.25) is 10.2 Å². The number of nitrogens with zero attached hydrogens (tertiary/aromatic N) is 2. The standard InChI is InChI=1S/C14H17Cl2N3O/c15-11-5-13(16)17-6-10(11)8-19-4-3-12-9(7-19)1-2-14(20)18-12/h5-6,9,12H,1-4,7-8H2,(H,18,20). The first kappa shape index (κ1) is 14.1. The summed E-state index contributed by atoms with van der Waals surface area (Å²) in [7, 11) is 0. The van der Waals surface area contributed by atoms with Gasteiger partial charge < -0.3 is 5.32 Å². The minimum atomic E-state index is 0.199. The Kier molecular flexibility index (Phi) is 4.15. The maximum absolute atomic E-state index is 11.4. The Morgan fingerprint density at radius 1 is 1.40 bits per heavy atom. The third-order valence-electron chi connectivity index (χ3n) is 4.20. The zero-order valence-corrected chi connectivity index (χ0v) is 12.6. The van der Waals surface area contributed by atoms with Gasteiger partial charge in [0, 0.05) is 48.9 Å². The lowest BCUT2D eigenvalue weighted by Crippen LogP contribution is -2.53. The molecule has 2 fully saturated rings. The van der Waals surface area contributed by atoms with E-state index in [9.17, 15) is 4.79 Å². The molecule has 20 heavy (non-hydrogen) atoms. The van der Waals surface area contributed by atoms with E-state index in [1.165, 1.54) is 0 Å². The lowest BCUT2D eigenvalue weighted by atomic mass is 9.85. The fraction of sp³-hybridized carbons (Fsp3) is 0.571. The summed E-state index contributed by atoms with van der Waals surface area (Å²) in [5, 5.41) is 4.19. The summed E-state index contributed by atoms with van der Waals surface area (Å²) in [6.07, 6.45) is 4.40. The van der Waals surface area contributed by atoms with Gasteiger partial charge in [0.25, 0.3) is 0 Å². The summed E-state index contributed by atoms with van der Waals surface area (Å²) in [4.78, 5) is 17.9. The number of halogens is 2. The molecule has 0 radical (unpaired) electrons. The summed E-state index contributed by atoms with van der Waals surface area (Å²) in [5.74, 6) is 0.755. The first-order chi connectivity index (χ1) is 9.61. The first-order valence-electron chi connectivity index (χ1n) is 6.93. The number of fused-ring (bicyclic) bond motifs is 1. The molecule has 1 amide bonds. The molecule has 2 aliphatic heterocycles. The van der Waals surface area contributed by atoms with E-state index in [2.05, 4.69) is 15.2 Å². The van der Waals surface area contributed by atoms with Gasteiger partial charge in [0.05, 0.1) is 0 Å². The first-order valence-corrected chi connectivity index (χ1v) is 7.69. The maximum atomic E-state index is 11.4. The molecular formula is C14H17Cl2N3O. The van der Waals surface area contributed by atoms with Crippen LogP contribution in [0.3, 0.4) is 0 Å². The number of rotatable bonds is 2. The van der Waals surface area contributed by atoms with Crippen LogP contribution in [-0.2, 0) is 11.3 Å². The second-order valence-corrected chi connectivity index (χ2v) is 6.39. The van der Waals surface area contributed by atoms with Gasteiger partial charge >= 0.3 is 0 Å². The highest BCUT2D eigenvalue weighted by molar-refractivity contribution is 6.34. The van der Waals surface area contributed by atoms with Crippen LogP contribution in [0.4, 0.5) is 0 Å². The van der Waals surface area contributed by atoms with Gasteiger partial charge in [-0.1, -0.05) is 23.2 Å². The molecule has 2 unspecified atom stereocenters. The molecule has 2 aliphatic rings. The van der Waals surface area contributed by atoms with Crippen molar-refractivity contribution in [3.63, 3.8) is 0 Å². The fourth-order valence-corrected chi connectivity index (χ4v) is 3.55. The monoisotopic (exact) mass is 313 g/mol. The fourth-order valence-electron chi connectivity index (χ4n) is 3.12. The molecule has 3 rings (SSSR count). The van der Waals surface area contributed by atoms with Crippen molar-refractivity contribution in [2.24, 2.45) is 5.92 Å². The molecule has 0 aromatic carbocycles. The highest BCUT2D eigenvalue weighted by Gasteiger charge is 2.33. The molecule has 1 N–H and O–H groups in total. The van der Waals surface area contributed by atoms with Crippen molar-refractivity contribution >= 4 is 29.1 Å². The van der Waals surface area contributed by atoms with Gasteiger partial charge in [0.1, 0.15) is 5.15 Å². The third kappa shape index (κ3) is 3.08. The Bertz CT molecular complexity index is 523. The number of hydrogen-bond acceptors (Lipinski definition) is 3. The number of carbonyl (C=O) groups is 1. The minimum Gasteiger partial charge on any atom is -0.353 e. The Labute approximate surface area is 128 Å². The van der Waals surface area contributed by atoms with E-state index in [4.69, 9.17) is 23.2 Å². The Balaban J connectivity index is 1.63. The van der Waals surface area contributed by atoms with E-state index < -0.39 is 0 Å². The molecule has 0 aliphatic carbocycles. The van der Waals surface area contributed by atoms with Crippen LogP contribution in [0, 0.1) is 5.92 Å². The lowest BCUT2D eigenvalue weighted by molar-refractivity contribution is -0.125. The van der Waals surface area contributed by atoms with Crippen LogP contribution >= 0.6 is 23.2 Å². The molecule has 0 saturated carbocycles. The van der Waals surface area contributed by atoms with Crippen molar-refractivity contribution in [1.29, 1.82) is 0 Å². The quantitative estimate of drug-likeness (QED) is 0.853. The van der Waals surface area contributed by atoms with Crippen LogP contribution in [0.5, 0.6) is 0 Å². The summed E-state index contributed by atoms with van der Waals surface area (Å²) in [6, 6.07) is 2.04. The van der Waals surface area contributed by atoms with E-state index >= 15 is 0 Å². The van der Waals surface area contributed by atoms with Gasteiger partial charge in [0.15, 0.2) is 0 Å². The molecule has 2 atom stereocenters. The van der Waals surface area contributed by atoms with Crippen LogP contribution < -0.4 is 5.32 Å². The molecule has 1 aromatic heterocycles. The zero-order valence-electron chi connectivity index (χ0n) is 11.1. The number of nitrogens with one attached hydrogen (secondary N) is 1. The molecule has 1 aromatic rings. The maximum Gasteiger partial charge on any atom is 0.220 e. The van der Waals surface area contributed by atoms with Gasteiger partial charge in [-0.3, -0.25) is 9.69 Å². The second kappa shape index (κ2) is 5.88. The number of pyridine rings is 1. The molecule has 0 bridgehead atoms. The molecule has 3 heterocycles. The summed E-state index contributed by atoms with van der Waals surface area (Å²) < 4.78 is 0. The van der Waals surface area contributed by atoms with Crippen molar-refractivity contribution in [1.82, 2.24) is 15.2 Å². The highest BCUT2D eigenvalue weighted by Crippen LogP contribution is 2.27. The second-order valence-electron chi connectivity index (χ2n) is 5.59. The number of hydrogen-bond donors (Lipinski definition) is 1. The summed E-state index contributed by atoms with van der Waals surface area (Å²) in [6.45, 7) is 2.77. The van der Waals surface area contributed by atoms with E-state index in [1.54, 1.807) is 12.3 Å². The number of likely N-dealkylation sites (tertiary alicyclic amines) is 1. The van der Waals surface area contributed by atoms with Crippen LogP contribution in [0.25, 0.3) is 0 Å². The number of amides is 1. The van der Waals surface area contributed by atoms with Gasteiger partial charge in [-0.2, -0.15) is 0 Å². The van der Waals surface area contributed by atoms with Crippen LogP contribution in [0.15, 0.2) is 12.3 Å². The van der Waals surface area contributed by atoms with Crippen molar-refractivity contribution in [3.8, 4) is 0 Å². The largest absolute Gasteiger partial charge is 0.353 e. The van der Waals surface area contributed by atoms with Crippen molar-refractivity contribution in [3.05, 3.63) is 28.0 Å². The van der Waals surface area contributed by atoms with Gasteiger partial charge in [-0.05, 0) is 24.8 Å². The predicted molar refractivity (Wildman–Crippen MR) is 78.8 cm³/mol. The van der Waals surface area contributed by atoms with Gasteiger partial charge in [-0.25, -0.2) is 4.98 Å². The van der Waals surface area contributed by atoms with E-state index in [0.717, 1.165) is 38.0 Å². The van der Waals surface area contributed by atoms with Crippen molar-refractivity contribution in [2.45, 2.75) is 31.8 Å². The van der Waals surface area contributed by atoms with Crippen molar-refractivity contribution < 1.29 is 4.79 Å². The Hall–Kier alpha value is -0.840. The average molecular weight is 314 g/mol. The summed E-state index contributed by atoms with van der Waals surface area (Å²) >= 11 is 12.0. The molecule has 4 nitrogen and oxygen atoms in total. The normalized spacial score (nSPS) is 27.0. The molecule has 6 heteroatoms. The predicted octanol–water partition coefficient (Wildman–Crippen LogP) is 2.49. The average Bonchev–Trinajstić information content (AvgIpc) is 2.42. The highest BCUT2D eigenvalue weighted by atomic mass is 35.5. The van der Waals surface area contributed by atoms with Crippen molar-refractivity contribution in [2.75, 3.05) is 13.1 Å². The zero-order chi connectivity index (χ0) is 14.1. The minimum absolute atomic E-state index is 0.199. The smallest absolute Gasteiger partial charge is 0.220 e. The van der Waals surface area contributed by atoms with E-state index in [-0.39, 0.29) is 5.91 Å². The van der Waals surface area contributed by atoms with Crippen LogP contribution in [-0.4, -0.2) is 34.9 Å².